The van der Waals surface area contributed by atoms with Crippen LogP contribution in [0.2, 0.25) is 0 Å². The van der Waals surface area contributed by atoms with Crippen LogP contribution in [0.15, 0.2) is 24.5 Å². The van der Waals surface area contributed by atoms with E-state index in [1.807, 2.05) is 26.0 Å². The number of pyridine rings is 1. The van der Waals surface area contributed by atoms with Gasteiger partial charge in [0.2, 0.25) is 0 Å². The molecule has 0 amide bonds. The maximum absolute atomic E-state index is 9.24. The summed E-state index contributed by atoms with van der Waals surface area (Å²) in [6.07, 6.45) is 3.43. The molecule has 0 saturated carbocycles. The van der Waals surface area contributed by atoms with Gasteiger partial charge >= 0.3 is 0 Å². The topological polar surface area (TPSA) is 63.8 Å². The molecular formula is C11H14N4O. The molecule has 2 aromatic rings. The molecule has 0 aliphatic rings. The van der Waals surface area contributed by atoms with Crippen LogP contribution >= 0.6 is 0 Å². The van der Waals surface area contributed by atoms with E-state index in [2.05, 4.69) is 15.3 Å². The molecule has 0 aromatic carbocycles. The zero-order valence-electron chi connectivity index (χ0n) is 9.33. The molecule has 0 bridgehead atoms. The molecule has 0 radical (unpaired) electrons. The fraction of sp³-hybridized carbons (Fsp3) is 0.364. The van der Waals surface area contributed by atoms with Crippen molar-refractivity contribution in [1.29, 1.82) is 0 Å². The molecule has 2 heterocycles. The van der Waals surface area contributed by atoms with Crippen LogP contribution in [-0.2, 0) is 6.61 Å². The minimum absolute atomic E-state index is 0.107. The molecule has 0 aliphatic carbocycles. The largest absolute Gasteiger partial charge is 0.390 e. The summed E-state index contributed by atoms with van der Waals surface area (Å²) in [5.41, 5.74) is 2.43. The summed E-state index contributed by atoms with van der Waals surface area (Å²) >= 11 is 0. The highest BCUT2D eigenvalue weighted by molar-refractivity contribution is 5.61. The lowest BCUT2D eigenvalue weighted by atomic mass is 10.1. The molecule has 2 rings (SSSR count). The summed E-state index contributed by atoms with van der Waals surface area (Å²) in [7, 11) is 0. The van der Waals surface area contributed by atoms with Crippen LogP contribution in [0.4, 0.5) is 0 Å². The van der Waals surface area contributed by atoms with E-state index in [1.165, 1.54) is 0 Å². The molecule has 1 N–H and O–H groups in total. The van der Waals surface area contributed by atoms with Crippen molar-refractivity contribution in [3.8, 4) is 11.3 Å². The van der Waals surface area contributed by atoms with Crippen LogP contribution in [-0.4, -0.2) is 25.1 Å². The third-order valence-corrected chi connectivity index (χ3v) is 2.36. The summed E-state index contributed by atoms with van der Waals surface area (Å²) in [6, 6.07) is 3.98. The summed E-state index contributed by atoms with van der Waals surface area (Å²) < 4.78 is 1.81. The van der Waals surface area contributed by atoms with Crippen LogP contribution in [0.25, 0.3) is 11.3 Å². The van der Waals surface area contributed by atoms with Gasteiger partial charge in [-0.25, -0.2) is 4.68 Å². The van der Waals surface area contributed by atoms with Gasteiger partial charge in [0.25, 0.3) is 0 Å². The smallest absolute Gasteiger partial charge is 0.116 e. The standard InChI is InChI=1S/C11H14N4O/c1-8(2)15-11(10(7-16)13-14-15)9-3-5-12-6-4-9/h3-6,8,16H,7H2,1-2H3. The average Bonchev–Trinajstić information content (AvgIpc) is 2.73. The molecule has 0 aliphatic heterocycles. The Balaban J connectivity index is 2.57. The Morgan fingerprint density at radius 2 is 2.00 bits per heavy atom. The fourth-order valence-electron chi connectivity index (χ4n) is 1.60. The lowest BCUT2D eigenvalue weighted by molar-refractivity contribution is 0.277. The zero-order valence-corrected chi connectivity index (χ0v) is 9.33. The van der Waals surface area contributed by atoms with Gasteiger partial charge in [0.15, 0.2) is 0 Å². The van der Waals surface area contributed by atoms with Gasteiger partial charge in [-0.15, -0.1) is 5.10 Å². The van der Waals surface area contributed by atoms with Crippen molar-refractivity contribution >= 4 is 0 Å². The third kappa shape index (κ3) is 1.81. The van der Waals surface area contributed by atoms with Gasteiger partial charge in [0.1, 0.15) is 5.69 Å². The van der Waals surface area contributed by atoms with E-state index in [-0.39, 0.29) is 12.6 Å². The molecule has 5 heteroatoms. The Hall–Kier alpha value is -1.75. The van der Waals surface area contributed by atoms with Gasteiger partial charge in [0, 0.05) is 24.0 Å². The van der Waals surface area contributed by atoms with Gasteiger partial charge in [-0.05, 0) is 26.0 Å². The summed E-state index contributed by atoms with van der Waals surface area (Å²) in [6.45, 7) is 3.95. The van der Waals surface area contributed by atoms with E-state index in [0.717, 1.165) is 11.3 Å². The maximum atomic E-state index is 9.24. The number of hydrogen-bond acceptors (Lipinski definition) is 4. The van der Waals surface area contributed by atoms with Crippen LogP contribution in [0.1, 0.15) is 25.6 Å². The van der Waals surface area contributed by atoms with E-state index < -0.39 is 0 Å². The lowest BCUT2D eigenvalue weighted by Gasteiger charge is -2.10. The van der Waals surface area contributed by atoms with Gasteiger partial charge in [-0.3, -0.25) is 4.98 Å². The number of aromatic nitrogens is 4. The molecule has 2 aromatic heterocycles. The summed E-state index contributed by atoms with van der Waals surface area (Å²) in [5, 5.41) is 17.3. The maximum Gasteiger partial charge on any atom is 0.116 e. The van der Waals surface area contributed by atoms with Gasteiger partial charge in [-0.1, -0.05) is 5.21 Å². The SMILES string of the molecule is CC(C)n1nnc(CO)c1-c1ccncc1. The zero-order chi connectivity index (χ0) is 11.5. The van der Waals surface area contributed by atoms with Crippen molar-refractivity contribution in [2.75, 3.05) is 0 Å². The molecular weight excluding hydrogens is 204 g/mol. The lowest BCUT2D eigenvalue weighted by Crippen LogP contribution is -2.05. The van der Waals surface area contributed by atoms with Crippen molar-refractivity contribution in [3.63, 3.8) is 0 Å². The molecule has 5 nitrogen and oxygen atoms in total. The predicted molar refractivity (Wildman–Crippen MR) is 59.6 cm³/mol. The van der Waals surface area contributed by atoms with Crippen molar-refractivity contribution < 1.29 is 5.11 Å². The van der Waals surface area contributed by atoms with Gasteiger partial charge in [-0.2, -0.15) is 0 Å². The van der Waals surface area contributed by atoms with E-state index in [9.17, 15) is 5.11 Å². The number of nitrogens with zero attached hydrogens (tertiary/aromatic N) is 4. The van der Waals surface area contributed by atoms with Crippen LogP contribution in [0.5, 0.6) is 0 Å². The molecule has 0 unspecified atom stereocenters. The quantitative estimate of drug-likeness (QED) is 0.846. The second-order valence-electron chi connectivity index (χ2n) is 3.82. The van der Waals surface area contributed by atoms with E-state index >= 15 is 0 Å². The highest BCUT2D eigenvalue weighted by atomic mass is 16.3. The van der Waals surface area contributed by atoms with E-state index in [0.29, 0.717) is 5.69 Å². The molecule has 0 atom stereocenters. The molecule has 0 spiro atoms. The second-order valence-corrected chi connectivity index (χ2v) is 3.82. The van der Waals surface area contributed by atoms with Crippen molar-refractivity contribution in [2.45, 2.75) is 26.5 Å². The highest BCUT2D eigenvalue weighted by Gasteiger charge is 2.15. The minimum Gasteiger partial charge on any atom is -0.390 e. The molecule has 0 fully saturated rings. The van der Waals surface area contributed by atoms with Crippen molar-refractivity contribution in [3.05, 3.63) is 30.2 Å². The fourth-order valence-corrected chi connectivity index (χ4v) is 1.60. The monoisotopic (exact) mass is 218 g/mol. The van der Waals surface area contributed by atoms with E-state index in [1.54, 1.807) is 17.1 Å². The Morgan fingerprint density at radius 3 is 2.56 bits per heavy atom. The average molecular weight is 218 g/mol. The first kappa shape index (κ1) is 10.8. The van der Waals surface area contributed by atoms with Crippen LogP contribution < -0.4 is 0 Å². The van der Waals surface area contributed by atoms with Gasteiger partial charge in [0.05, 0.1) is 12.3 Å². The summed E-state index contributed by atoms with van der Waals surface area (Å²) in [4.78, 5) is 3.97. The number of rotatable bonds is 3. The number of aliphatic hydroxyl groups excluding tert-OH is 1. The second kappa shape index (κ2) is 4.40. The number of aliphatic hydroxyl groups is 1. The molecule has 84 valence electrons. The Kier molecular flexibility index (Phi) is 2.96. The third-order valence-electron chi connectivity index (χ3n) is 2.36. The predicted octanol–water partition coefficient (Wildman–Crippen LogP) is 1.41. The minimum atomic E-state index is -0.107. The van der Waals surface area contributed by atoms with Crippen LogP contribution in [0.3, 0.4) is 0 Å². The Morgan fingerprint density at radius 1 is 1.31 bits per heavy atom. The van der Waals surface area contributed by atoms with E-state index in [4.69, 9.17) is 0 Å². The van der Waals surface area contributed by atoms with Crippen molar-refractivity contribution in [1.82, 2.24) is 20.0 Å². The molecule has 0 saturated heterocycles. The Labute approximate surface area is 93.8 Å². The molecule has 16 heavy (non-hydrogen) atoms. The van der Waals surface area contributed by atoms with Gasteiger partial charge < -0.3 is 5.11 Å². The van der Waals surface area contributed by atoms with Crippen molar-refractivity contribution in [2.24, 2.45) is 0 Å². The first-order valence-corrected chi connectivity index (χ1v) is 5.19. The summed E-state index contributed by atoms with van der Waals surface area (Å²) in [5.74, 6) is 0. The first-order valence-electron chi connectivity index (χ1n) is 5.19. The first-order chi connectivity index (χ1) is 7.74. The Bertz CT molecular complexity index is 464. The van der Waals surface area contributed by atoms with Crippen LogP contribution in [0, 0.1) is 0 Å². The highest BCUT2D eigenvalue weighted by Crippen LogP contribution is 2.24. The normalized spacial score (nSPS) is 11.0. The number of hydrogen-bond donors (Lipinski definition) is 1.